The molecule has 0 spiro atoms. The first-order chi connectivity index (χ1) is 16.6. The zero-order chi connectivity index (χ0) is 23.5. The molecule has 176 valence electrons. The van der Waals surface area contributed by atoms with Crippen molar-refractivity contribution < 1.29 is 14.1 Å². The Hall–Kier alpha value is -3.34. The normalized spacial score (nSPS) is 20.9. The van der Waals surface area contributed by atoms with Crippen LogP contribution in [0.3, 0.4) is 0 Å². The Morgan fingerprint density at radius 3 is 2.65 bits per heavy atom. The van der Waals surface area contributed by atoms with Crippen LogP contribution in [0.25, 0.3) is 11.3 Å². The summed E-state index contributed by atoms with van der Waals surface area (Å²) in [5.41, 5.74) is 1.31. The summed E-state index contributed by atoms with van der Waals surface area (Å²) in [6.45, 7) is 4.81. The number of pyridine rings is 1. The van der Waals surface area contributed by atoms with Gasteiger partial charge in [-0.05, 0) is 42.5 Å². The molecule has 0 saturated carbocycles. The zero-order valence-electron chi connectivity index (χ0n) is 18.5. The zero-order valence-corrected chi connectivity index (χ0v) is 19.3. The van der Waals surface area contributed by atoms with Crippen LogP contribution in [-0.2, 0) is 4.74 Å². The standard InChI is InChI=1S/C24H25N5O4S/c30-29(31)19-7-2-1-5-17(19)20-8-9-21(33-20)23-22(18-6-3-4-10-25-18)26-24(34)28(23)12-11-27-13-15-32-16-14-27/h1-10,22-23H,11-16H2,(H,26,34)/t22-,23-/m1/s1. The van der Waals surface area contributed by atoms with Gasteiger partial charge in [0.15, 0.2) is 5.11 Å². The highest BCUT2D eigenvalue weighted by Gasteiger charge is 2.41. The van der Waals surface area contributed by atoms with Crippen LogP contribution in [0, 0.1) is 10.1 Å². The molecule has 0 aliphatic carbocycles. The van der Waals surface area contributed by atoms with Gasteiger partial charge in [-0.3, -0.25) is 20.0 Å². The van der Waals surface area contributed by atoms with Gasteiger partial charge in [0.05, 0.1) is 35.4 Å². The Bertz CT molecular complexity index is 1160. The van der Waals surface area contributed by atoms with Crippen molar-refractivity contribution in [2.24, 2.45) is 0 Å². The molecule has 9 nitrogen and oxygen atoms in total. The molecule has 2 fully saturated rings. The summed E-state index contributed by atoms with van der Waals surface area (Å²) in [6.07, 6.45) is 1.76. The fraction of sp³-hybridized carbons (Fsp3) is 0.333. The lowest BCUT2D eigenvalue weighted by Gasteiger charge is -2.31. The first-order valence-electron chi connectivity index (χ1n) is 11.2. The number of rotatable bonds is 7. The number of morpholine rings is 1. The predicted octanol–water partition coefficient (Wildman–Crippen LogP) is 3.55. The Balaban J connectivity index is 1.47. The minimum atomic E-state index is -0.394. The number of thiocarbonyl (C=S) groups is 1. The van der Waals surface area contributed by atoms with Gasteiger partial charge in [0, 0.05) is 38.4 Å². The average molecular weight is 480 g/mol. The van der Waals surface area contributed by atoms with Crippen LogP contribution in [0.1, 0.15) is 23.5 Å². The van der Waals surface area contributed by atoms with E-state index in [0.717, 1.165) is 38.5 Å². The molecule has 4 heterocycles. The summed E-state index contributed by atoms with van der Waals surface area (Å²) < 4.78 is 11.7. The summed E-state index contributed by atoms with van der Waals surface area (Å²) in [5, 5.41) is 15.6. The van der Waals surface area contributed by atoms with Crippen LogP contribution in [-0.4, -0.2) is 64.2 Å². The number of hydrogen-bond donors (Lipinski definition) is 1. The van der Waals surface area contributed by atoms with Gasteiger partial charge >= 0.3 is 0 Å². The van der Waals surface area contributed by atoms with Crippen molar-refractivity contribution in [3.63, 3.8) is 0 Å². The third-order valence-electron chi connectivity index (χ3n) is 6.24. The SMILES string of the molecule is O=[N+]([O-])c1ccccc1-c1ccc([C@@H]2[C@@H](c3ccccn3)NC(=S)N2CCN2CCOCC2)o1. The van der Waals surface area contributed by atoms with E-state index < -0.39 is 4.92 Å². The molecule has 0 amide bonds. The van der Waals surface area contributed by atoms with E-state index in [0.29, 0.717) is 28.7 Å². The van der Waals surface area contributed by atoms with Gasteiger partial charge in [0.1, 0.15) is 17.6 Å². The summed E-state index contributed by atoms with van der Waals surface area (Å²) in [5.74, 6) is 1.13. The number of nitro benzene ring substituents is 1. The number of nitrogens with one attached hydrogen (secondary N) is 1. The molecule has 2 aromatic heterocycles. The quantitative estimate of drug-likeness (QED) is 0.310. The predicted molar refractivity (Wildman–Crippen MR) is 130 cm³/mol. The van der Waals surface area contributed by atoms with Crippen LogP contribution in [0.4, 0.5) is 5.69 Å². The lowest BCUT2D eigenvalue weighted by molar-refractivity contribution is -0.384. The van der Waals surface area contributed by atoms with E-state index in [9.17, 15) is 10.1 Å². The molecule has 34 heavy (non-hydrogen) atoms. The molecule has 2 atom stereocenters. The molecule has 3 aromatic rings. The van der Waals surface area contributed by atoms with Crippen molar-refractivity contribution in [3.05, 3.63) is 82.4 Å². The summed E-state index contributed by atoms with van der Waals surface area (Å²) in [7, 11) is 0. The van der Waals surface area contributed by atoms with Gasteiger partial charge in [-0.2, -0.15) is 0 Å². The van der Waals surface area contributed by atoms with Crippen molar-refractivity contribution in [1.29, 1.82) is 0 Å². The molecular weight excluding hydrogens is 454 g/mol. The monoisotopic (exact) mass is 479 g/mol. The highest BCUT2D eigenvalue weighted by Crippen LogP contribution is 2.41. The fourth-order valence-electron chi connectivity index (χ4n) is 4.53. The lowest BCUT2D eigenvalue weighted by atomic mass is 10.0. The highest BCUT2D eigenvalue weighted by atomic mass is 32.1. The first kappa shape index (κ1) is 22.5. The molecule has 2 aliphatic rings. The average Bonchev–Trinajstić information content (AvgIpc) is 3.48. The molecule has 2 saturated heterocycles. The minimum Gasteiger partial charge on any atom is -0.459 e. The number of nitrogens with zero attached hydrogens (tertiary/aromatic N) is 4. The summed E-state index contributed by atoms with van der Waals surface area (Å²) >= 11 is 5.73. The lowest BCUT2D eigenvalue weighted by Crippen LogP contribution is -2.42. The van der Waals surface area contributed by atoms with Crippen LogP contribution in [0.2, 0.25) is 0 Å². The van der Waals surface area contributed by atoms with Gasteiger partial charge in [0.2, 0.25) is 0 Å². The molecule has 1 aromatic carbocycles. The van der Waals surface area contributed by atoms with Gasteiger partial charge < -0.3 is 19.4 Å². The van der Waals surface area contributed by atoms with Crippen molar-refractivity contribution in [1.82, 2.24) is 20.1 Å². The molecule has 2 aliphatic heterocycles. The Labute approximate surface area is 202 Å². The maximum absolute atomic E-state index is 11.5. The molecule has 0 radical (unpaired) electrons. The number of nitro groups is 1. The fourth-order valence-corrected chi connectivity index (χ4v) is 4.86. The highest BCUT2D eigenvalue weighted by molar-refractivity contribution is 7.80. The first-order valence-corrected chi connectivity index (χ1v) is 11.6. The topological polar surface area (TPSA) is 96.9 Å². The summed E-state index contributed by atoms with van der Waals surface area (Å²) in [6, 6.07) is 15.6. The van der Waals surface area contributed by atoms with Crippen molar-refractivity contribution in [2.45, 2.75) is 12.1 Å². The van der Waals surface area contributed by atoms with E-state index in [2.05, 4.69) is 20.1 Å². The Morgan fingerprint density at radius 2 is 1.88 bits per heavy atom. The second-order valence-corrected chi connectivity index (χ2v) is 8.64. The van der Waals surface area contributed by atoms with Gasteiger partial charge in [0.25, 0.3) is 5.69 Å². The van der Waals surface area contributed by atoms with Crippen molar-refractivity contribution >= 4 is 23.0 Å². The summed E-state index contributed by atoms with van der Waals surface area (Å²) in [4.78, 5) is 20.2. The van der Waals surface area contributed by atoms with Crippen LogP contribution in [0.5, 0.6) is 0 Å². The Morgan fingerprint density at radius 1 is 1.09 bits per heavy atom. The maximum Gasteiger partial charge on any atom is 0.280 e. The van der Waals surface area contributed by atoms with Crippen LogP contribution >= 0.6 is 12.2 Å². The van der Waals surface area contributed by atoms with E-state index in [1.807, 2.05) is 24.3 Å². The van der Waals surface area contributed by atoms with Gasteiger partial charge in [-0.15, -0.1) is 0 Å². The third-order valence-corrected chi connectivity index (χ3v) is 6.60. The molecular formula is C24H25N5O4S. The molecule has 1 N–H and O–H groups in total. The largest absolute Gasteiger partial charge is 0.459 e. The maximum atomic E-state index is 11.5. The van der Waals surface area contributed by atoms with Crippen LogP contribution < -0.4 is 5.32 Å². The van der Waals surface area contributed by atoms with E-state index in [1.54, 1.807) is 30.5 Å². The van der Waals surface area contributed by atoms with Crippen LogP contribution in [0.15, 0.2) is 65.2 Å². The number of aromatic nitrogens is 1. The molecule has 10 heteroatoms. The Kier molecular flexibility index (Phi) is 6.52. The van der Waals surface area contributed by atoms with Gasteiger partial charge in [-0.25, -0.2) is 0 Å². The number of ether oxygens (including phenoxy) is 1. The van der Waals surface area contributed by atoms with Crippen molar-refractivity contribution in [2.75, 3.05) is 39.4 Å². The number of furan rings is 1. The second kappa shape index (κ2) is 9.88. The van der Waals surface area contributed by atoms with E-state index in [1.165, 1.54) is 6.07 Å². The second-order valence-electron chi connectivity index (χ2n) is 8.25. The van der Waals surface area contributed by atoms with Crippen molar-refractivity contribution in [3.8, 4) is 11.3 Å². The number of benzene rings is 1. The smallest absolute Gasteiger partial charge is 0.280 e. The van der Waals surface area contributed by atoms with Gasteiger partial charge in [-0.1, -0.05) is 18.2 Å². The van der Waals surface area contributed by atoms with E-state index in [4.69, 9.17) is 21.4 Å². The third kappa shape index (κ3) is 4.52. The van der Waals surface area contributed by atoms with E-state index >= 15 is 0 Å². The number of para-hydroxylation sites is 1. The molecule has 0 bridgehead atoms. The molecule has 0 unspecified atom stereocenters. The minimum absolute atomic E-state index is 0.00826. The number of hydrogen-bond acceptors (Lipinski definition) is 7. The molecule has 5 rings (SSSR count). The van der Waals surface area contributed by atoms with E-state index in [-0.39, 0.29) is 17.8 Å².